The molecule has 2 aromatic rings. The molecule has 1 aliphatic rings. The lowest BCUT2D eigenvalue weighted by molar-refractivity contribution is -0.114. The molecule has 2 amide bonds. The molecule has 27 heavy (non-hydrogen) atoms. The van der Waals surface area contributed by atoms with E-state index in [0.717, 1.165) is 0 Å². The molecule has 0 saturated carbocycles. The van der Waals surface area contributed by atoms with Gasteiger partial charge in [0.25, 0.3) is 5.91 Å². The number of nitrogens with zero attached hydrogens (tertiary/aromatic N) is 2. The molecular weight excluding hydrogens is 391 g/mol. The topological polar surface area (TPSA) is 83.6 Å². The van der Waals surface area contributed by atoms with Gasteiger partial charge in [0.15, 0.2) is 0 Å². The average molecular weight is 409 g/mol. The molecule has 2 N–H and O–H groups in total. The molecule has 0 unspecified atom stereocenters. The molecule has 1 saturated heterocycles. The van der Waals surface area contributed by atoms with Crippen molar-refractivity contribution in [3.8, 4) is 0 Å². The van der Waals surface area contributed by atoms with E-state index in [9.17, 15) is 9.59 Å². The Labute approximate surface area is 166 Å². The van der Waals surface area contributed by atoms with Crippen LogP contribution < -0.4 is 10.6 Å². The van der Waals surface area contributed by atoms with Gasteiger partial charge in [0.05, 0.1) is 30.3 Å². The summed E-state index contributed by atoms with van der Waals surface area (Å²) in [4.78, 5) is 30.3. The Kier molecular flexibility index (Phi) is 6.49. The number of ether oxygens (including phenoxy) is 1. The molecule has 142 valence electrons. The normalized spacial score (nSPS) is 13.9. The molecular formula is C18H18Cl2N4O3. The molecule has 0 atom stereocenters. The van der Waals surface area contributed by atoms with Gasteiger partial charge >= 0.3 is 0 Å². The summed E-state index contributed by atoms with van der Waals surface area (Å²) >= 11 is 12.0. The van der Waals surface area contributed by atoms with E-state index in [1.165, 1.54) is 6.20 Å². The number of halogens is 2. The van der Waals surface area contributed by atoms with Crippen LogP contribution in [0.5, 0.6) is 0 Å². The van der Waals surface area contributed by atoms with E-state index >= 15 is 0 Å². The summed E-state index contributed by atoms with van der Waals surface area (Å²) in [6.07, 6.45) is 1.45. The van der Waals surface area contributed by atoms with Crippen LogP contribution in [0.1, 0.15) is 10.4 Å². The number of pyridine rings is 1. The number of aromatic nitrogens is 1. The van der Waals surface area contributed by atoms with Crippen molar-refractivity contribution in [2.45, 2.75) is 0 Å². The predicted octanol–water partition coefficient (Wildman–Crippen LogP) is 2.91. The molecule has 1 aromatic carbocycles. The largest absolute Gasteiger partial charge is 0.378 e. The maximum atomic E-state index is 12.4. The van der Waals surface area contributed by atoms with E-state index in [-0.39, 0.29) is 23.4 Å². The summed E-state index contributed by atoms with van der Waals surface area (Å²) in [5, 5.41) is 6.46. The minimum absolute atomic E-state index is 0.0217. The van der Waals surface area contributed by atoms with Crippen LogP contribution in [0, 0.1) is 0 Å². The molecule has 1 aromatic heterocycles. The number of nitrogens with one attached hydrogen (secondary N) is 2. The zero-order chi connectivity index (χ0) is 19.2. The fourth-order valence-electron chi connectivity index (χ4n) is 2.54. The lowest BCUT2D eigenvalue weighted by Gasteiger charge is -2.26. The quantitative estimate of drug-likeness (QED) is 0.794. The zero-order valence-corrected chi connectivity index (χ0v) is 15.9. The van der Waals surface area contributed by atoms with Crippen LogP contribution in [0.25, 0.3) is 0 Å². The van der Waals surface area contributed by atoms with Crippen LogP contribution in [0.3, 0.4) is 0 Å². The van der Waals surface area contributed by atoms with Crippen molar-refractivity contribution in [1.82, 2.24) is 9.88 Å². The number of rotatable bonds is 5. The number of carbonyl (C=O) groups excluding carboxylic acids is 2. The van der Waals surface area contributed by atoms with Crippen LogP contribution in [0.2, 0.25) is 10.0 Å². The van der Waals surface area contributed by atoms with Crippen LogP contribution in [0.15, 0.2) is 36.5 Å². The van der Waals surface area contributed by atoms with Crippen molar-refractivity contribution in [3.63, 3.8) is 0 Å². The Balaban J connectivity index is 1.56. The summed E-state index contributed by atoms with van der Waals surface area (Å²) in [6, 6.07) is 8.33. The predicted molar refractivity (Wildman–Crippen MR) is 105 cm³/mol. The number of hydrogen-bond acceptors (Lipinski definition) is 5. The average Bonchev–Trinajstić information content (AvgIpc) is 2.69. The standard InChI is InChI=1S/C18H18Cl2N4O3/c19-13-1-3-14(4-2-13)23-16(25)11-22-17-15(20)9-12(10-21-17)18(26)24-5-7-27-8-6-24/h1-4,9-10H,5-8,11H2,(H,21,22)(H,23,25). The lowest BCUT2D eigenvalue weighted by Crippen LogP contribution is -2.40. The molecule has 0 aliphatic carbocycles. The van der Waals surface area contributed by atoms with E-state index in [2.05, 4.69) is 15.6 Å². The second kappa shape index (κ2) is 9.03. The van der Waals surface area contributed by atoms with Crippen LogP contribution >= 0.6 is 23.2 Å². The van der Waals surface area contributed by atoms with Crippen molar-refractivity contribution < 1.29 is 14.3 Å². The number of morpholine rings is 1. The van der Waals surface area contributed by atoms with Gasteiger partial charge in [-0.2, -0.15) is 0 Å². The van der Waals surface area contributed by atoms with Gasteiger partial charge in [-0.1, -0.05) is 23.2 Å². The van der Waals surface area contributed by atoms with E-state index in [1.807, 2.05) is 0 Å². The van der Waals surface area contributed by atoms with Gasteiger partial charge in [0, 0.05) is 30.0 Å². The second-order valence-corrected chi connectivity index (χ2v) is 6.71. The van der Waals surface area contributed by atoms with E-state index in [4.69, 9.17) is 27.9 Å². The fourth-order valence-corrected chi connectivity index (χ4v) is 2.90. The first-order valence-corrected chi connectivity index (χ1v) is 9.10. The Morgan fingerprint density at radius 2 is 1.85 bits per heavy atom. The highest BCUT2D eigenvalue weighted by atomic mass is 35.5. The molecule has 2 heterocycles. The third-order valence-corrected chi connectivity index (χ3v) is 4.47. The van der Waals surface area contributed by atoms with Gasteiger partial charge in [0.2, 0.25) is 5.91 Å². The summed E-state index contributed by atoms with van der Waals surface area (Å²) in [6.45, 7) is 2.11. The molecule has 0 radical (unpaired) electrons. The van der Waals surface area contributed by atoms with Crippen molar-refractivity contribution in [2.24, 2.45) is 0 Å². The third-order valence-electron chi connectivity index (χ3n) is 3.93. The fraction of sp³-hybridized carbons (Fsp3) is 0.278. The molecule has 3 rings (SSSR count). The maximum absolute atomic E-state index is 12.4. The van der Waals surface area contributed by atoms with E-state index in [0.29, 0.717) is 48.4 Å². The first-order valence-electron chi connectivity index (χ1n) is 8.35. The number of hydrogen-bond donors (Lipinski definition) is 2. The maximum Gasteiger partial charge on any atom is 0.255 e. The van der Waals surface area contributed by atoms with Gasteiger partial charge in [-0.3, -0.25) is 9.59 Å². The lowest BCUT2D eigenvalue weighted by atomic mass is 10.2. The third kappa shape index (κ3) is 5.32. The van der Waals surface area contributed by atoms with Gasteiger partial charge in [-0.05, 0) is 30.3 Å². The highest BCUT2D eigenvalue weighted by Gasteiger charge is 2.19. The van der Waals surface area contributed by atoms with Crippen molar-refractivity contribution in [3.05, 3.63) is 52.1 Å². The highest BCUT2D eigenvalue weighted by molar-refractivity contribution is 6.33. The summed E-state index contributed by atoms with van der Waals surface area (Å²) < 4.78 is 5.24. The number of anilines is 2. The Morgan fingerprint density at radius 1 is 1.15 bits per heavy atom. The summed E-state index contributed by atoms with van der Waals surface area (Å²) in [7, 11) is 0. The second-order valence-electron chi connectivity index (χ2n) is 5.87. The highest BCUT2D eigenvalue weighted by Crippen LogP contribution is 2.21. The van der Waals surface area contributed by atoms with Crippen molar-refractivity contribution in [1.29, 1.82) is 0 Å². The van der Waals surface area contributed by atoms with Crippen LogP contribution in [-0.4, -0.2) is 54.5 Å². The minimum Gasteiger partial charge on any atom is -0.378 e. The van der Waals surface area contributed by atoms with E-state index < -0.39 is 0 Å². The molecule has 0 spiro atoms. The molecule has 7 nitrogen and oxygen atoms in total. The van der Waals surface area contributed by atoms with Crippen molar-refractivity contribution in [2.75, 3.05) is 43.5 Å². The number of carbonyl (C=O) groups is 2. The summed E-state index contributed by atoms with van der Waals surface area (Å²) in [5.41, 5.74) is 1.04. The van der Waals surface area contributed by atoms with Gasteiger partial charge < -0.3 is 20.3 Å². The van der Waals surface area contributed by atoms with Crippen molar-refractivity contribution >= 4 is 46.5 Å². The molecule has 1 aliphatic heterocycles. The first-order chi connectivity index (χ1) is 13.0. The SMILES string of the molecule is O=C(CNc1ncc(C(=O)N2CCOCC2)cc1Cl)Nc1ccc(Cl)cc1. The zero-order valence-electron chi connectivity index (χ0n) is 14.4. The minimum atomic E-state index is -0.261. The molecule has 0 bridgehead atoms. The van der Waals surface area contributed by atoms with Gasteiger partial charge in [-0.25, -0.2) is 4.98 Å². The smallest absolute Gasteiger partial charge is 0.255 e. The monoisotopic (exact) mass is 408 g/mol. The van der Waals surface area contributed by atoms with Gasteiger partial charge in [0.1, 0.15) is 5.82 Å². The Bertz CT molecular complexity index is 824. The van der Waals surface area contributed by atoms with Crippen LogP contribution in [-0.2, 0) is 9.53 Å². The summed E-state index contributed by atoms with van der Waals surface area (Å²) in [5.74, 6) is -0.0650. The molecule has 1 fully saturated rings. The number of amides is 2. The number of benzene rings is 1. The Morgan fingerprint density at radius 3 is 2.52 bits per heavy atom. The Hall–Kier alpha value is -2.35. The van der Waals surface area contributed by atoms with Crippen LogP contribution in [0.4, 0.5) is 11.5 Å². The molecule has 9 heteroatoms. The van der Waals surface area contributed by atoms with E-state index in [1.54, 1.807) is 35.2 Å². The van der Waals surface area contributed by atoms with Gasteiger partial charge in [-0.15, -0.1) is 0 Å². The first kappa shape index (κ1) is 19.4.